The highest BCUT2D eigenvalue weighted by Gasteiger charge is 2.32. The van der Waals surface area contributed by atoms with E-state index in [9.17, 15) is 0 Å². The third-order valence-corrected chi connectivity index (χ3v) is 3.75. The second-order valence-corrected chi connectivity index (χ2v) is 5.15. The minimum Gasteiger partial charge on any atom is -0.497 e. The second-order valence-electron chi connectivity index (χ2n) is 5.15. The summed E-state index contributed by atoms with van der Waals surface area (Å²) in [6.07, 6.45) is 2.65. The van der Waals surface area contributed by atoms with Crippen LogP contribution in [0.4, 0.5) is 0 Å². The van der Waals surface area contributed by atoms with Crippen molar-refractivity contribution < 1.29 is 9.47 Å². The summed E-state index contributed by atoms with van der Waals surface area (Å²) in [5, 5.41) is 0. The predicted octanol–water partition coefficient (Wildman–Crippen LogP) is 2.16. The van der Waals surface area contributed by atoms with Crippen molar-refractivity contribution in [2.24, 2.45) is 11.7 Å². The van der Waals surface area contributed by atoms with Gasteiger partial charge in [0.15, 0.2) is 0 Å². The van der Waals surface area contributed by atoms with Gasteiger partial charge in [-0.15, -0.1) is 12.4 Å². The van der Waals surface area contributed by atoms with E-state index in [0.29, 0.717) is 12.6 Å². The molecule has 1 fully saturated rings. The number of hydrogen-bond acceptors (Lipinski definition) is 4. The van der Waals surface area contributed by atoms with Crippen molar-refractivity contribution in [3.63, 3.8) is 0 Å². The van der Waals surface area contributed by atoms with Gasteiger partial charge in [-0.1, -0.05) is 0 Å². The first-order chi connectivity index (χ1) is 9.24. The van der Waals surface area contributed by atoms with Crippen molar-refractivity contribution in [3.8, 4) is 11.5 Å². The van der Waals surface area contributed by atoms with Crippen LogP contribution in [0.2, 0.25) is 0 Å². The summed E-state index contributed by atoms with van der Waals surface area (Å²) < 4.78 is 10.8. The van der Waals surface area contributed by atoms with Crippen molar-refractivity contribution in [2.45, 2.75) is 18.9 Å². The van der Waals surface area contributed by atoms with Gasteiger partial charge < -0.3 is 15.2 Å². The number of methoxy groups -OCH3 is 1. The molecule has 20 heavy (non-hydrogen) atoms. The van der Waals surface area contributed by atoms with Crippen molar-refractivity contribution in [1.82, 2.24) is 4.90 Å². The van der Waals surface area contributed by atoms with Gasteiger partial charge >= 0.3 is 0 Å². The molecule has 0 saturated heterocycles. The van der Waals surface area contributed by atoms with Crippen LogP contribution in [0.3, 0.4) is 0 Å². The molecule has 1 unspecified atom stereocenters. The maximum Gasteiger partial charge on any atom is 0.119 e. The molecule has 2 N–H and O–H groups in total. The highest BCUT2D eigenvalue weighted by atomic mass is 35.5. The van der Waals surface area contributed by atoms with E-state index in [2.05, 4.69) is 11.9 Å². The Kier molecular flexibility index (Phi) is 7.13. The lowest BCUT2D eigenvalue weighted by Crippen LogP contribution is -2.41. The van der Waals surface area contributed by atoms with Crippen LogP contribution in [0, 0.1) is 5.92 Å². The van der Waals surface area contributed by atoms with Gasteiger partial charge in [0.05, 0.1) is 7.11 Å². The number of likely N-dealkylation sites (N-methyl/N-ethyl adjacent to an activating group) is 1. The van der Waals surface area contributed by atoms with Crippen molar-refractivity contribution in [1.29, 1.82) is 0 Å². The third kappa shape index (κ3) is 4.85. The first-order valence-electron chi connectivity index (χ1n) is 6.91. The second kappa shape index (κ2) is 8.35. The molecule has 0 amide bonds. The lowest BCUT2D eigenvalue weighted by molar-refractivity contribution is 0.180. The van der Waals surface area contributed by atoms with E-state index in [1.54, 1.807) is 7.11 Å². The van der Waals surface area contributed by atoms with Gasteiger partial charge in [0.1, 0.15) is 18.1 Å². The molecule has 1 atom stereocenters. The van der Waals surface area contributed by atoms with Gasteiger partial charge in [0.25, 0.3) is 0 Å². The van der Waals surface area contributed by atoms with Crippen molar-refractivity contribution >= 4 is 12.4 Å². The Balaban J connectivity index is 0.00000200. The molecule has 2 rings (SSSR count). The summed E-state index contributed by atoms with van der Waals surface area (Å²) in [5.74, 6) is 2.53. The minimum absolute atomic E-state index is 0. The average Bonchev–Trinajstić information content (AvgIpc) is 3.25. The van der Waals surface area contributed by atoms with Gasteiger partial charge in [0, 0.05) is 19.1 Å². The Bertz CT molecular complexity index is 382. The smallest absolute Gasteiger partial charge is 0.119 e. The molecule has 0 heterocycles. The van der Waals surface area contributed by atoms with E-state index >= 15 is 0 Å². The Labute approximate surface area is 127 Å². The summed E-state index contributed by atoms with van der Waals surface area (Å²) >= 11 is 0. The van der Waals surface area contributed by atoms with Crippen molar-refractivity contribution in [3.05, 3.63) is 24.3 Å². The maximum absolute atomic E-state index is 5.83. The number of ether oxygens (including phenoxy) is 2. The summed E-state index contributed by atoms with van der Waals surface area (Å²) in [6, 6.07) is 8.19. The molecule has 1 aromatic rings. The van der Waals surface area contributed by atoms with Crippen LogP contribution < -0.4 is 15.2 Å². The Morgan fingerprint density at radius 1 is 1.25 bits per heavy atom. The lowest BCUT2D eigenvalue weighted by atomic mass is 10.1. The van der Waals surface area contributed by atoms with E-state index in [-0.39, 0.29) is 12.4 Å². The summed E-state index contributed by atoms with van der Waals surface area (Å²) in [6.45, 7) is 2.33. The van der Waals surface area contributed by atoms with Gasteiger partial charge in [-0.25, -0.2) is 0 Å². The summed E-state index contributed by atoms with van der Waals surface area (Å²) in [4.78, 5) is 2.32. The monoisotopic (exact) mass is 300 g/mol. The molecule has 4 nitrogen and oxygen atoms in total. The lowest BCUT2D eigenvalue weighted by Gasteiger charge is -2.26. The summed E-state index contributed by atoms with van der Waals surface area (Å²) in [7, 11) is 3.79. The SMILES string of the molecule is COc1ccc(OCCN(C)C(CN)C2CC2)cc1.Cl. The summed E-state index contributed by atoms with van der Waals surface area (Å²) in [5.41, 5.74) is 5.83. The average molecular weight is 301 g/mol. The predicted molar refractivity (Wildman–Crippen MR) is 83.9 cm³/mol. The number of nitrogens with zero attached hydrogens (tertiary/aromatic N) is 1. The van der Waals surface area contributed by atoms with Crippen LogP contribution in [0.5, 0.6) is 11.5 Å². The van der Waals surface area contributed by atoms with Gasteiger partial charge in [0.2, 0.25) is 0 Å². The molecule has 1 aliphatic rings. The van der Waals surface area contributed by atoms with E-state index in [0.717, 1.165) is 30.5 Å². The molecular weight excluding hydrogens is 276 g/mol. The molecular formula is C15H25ClN2O2. The van der Waals surface area contributed by atoms with Gasteiger partial charge in [-0.2, -0.15) is 0 Å². The van der Waals surface area contributed by atoms with Crippen LogP contribution in [-0.2, 0) is 0 Å². The number of benzene rings is 1. The Hall–Kier alpha value is -0.970. The van der Waals surface area contributed by atoms with E-state index in [1.165, 1.54) is 12.8 Å². The molecule has 0 aromatic heterocycles. The third-order valence-electron chi connectivity index (χ3n) is 3.75. The highest BCUT2D eigenvalue weighted by Crippen LogP contribution is 2.34. The first-order valence-corrected chi connectivity index (χ1v) is 6.91. The van der Waals surface area contributed by atoms with Crippen LogP contribution in [0.1, 0.15) is 12.8 Å². The fourth-order valence-electron chi connectivity index (χ4n) is 2.36. The molecule has 1 saturated carbocycles. The topological polar surface area (TPSA) is 47.7 Å². The van der Waals surface area contributed by atoms with Gasteiger partial charge in [-0.3, -0.25) is 4.90 Å². The van der Waals surface area contributed by atoms with E-state index in [4.69, 9.17) is 15.2 Å². The van der Waals surface area contributed by atoms with E-state index < -0.39 is 0 Å². The molecule has 5 heteroatoms. The fourth-order valence-corrected chi connectivity index (χ4v) is 2.36. The maximum atomic E-state index is 5.83. The normalized spacial score (nSPS) is 15.6. The Morgan fingerprint density at radius 2 is 1.85 bits per heavy atom. The van der Waals surface area contributed by atoms with Crippen LogP contribution in [0.15, 0.2) is 24.3 Å². The zero-order chi connectivity index (χ0) is 13.7. The molecule has 0 aliphatic heterocycles. The molecule has 0 spiro atoms. The first kappa shape index (κ1) is 17.1. The molecule has 0 bridgehead atoms. The van der Waals surface area contributed by atoms with Gasteiger partial charge in [-0.05, 0) is 50.1 Å². The van der Waals surface area contributed by atoms with E-state index in [1.807, 2.05) is 24.3 Å². The largest absolute Gasteiger partial charge is 0.497 e. The molecule has 114 valence electrons. The highest BCUT2D eigenvalue weighted by molar-refractivity contribution is 5.85. The Morgan fingerprint density at radius 3 is 2.35 bits per heavy atom. The number of hydrogen-bond donors (Lipinski definition) is 1. The van der Waals surface area contributed by atoms with Crippen LogP contribution in [-0.4, -0.2) is 44.8 Å². The molecule has 1 aliphatic carbocycles. The fraction of sp³-hybridized carbons (Fsp3) is 0.600. The van der Waals surface area contributed by atoms with Crippen LogP contribution in [0.25, 0.3) is 0 Å². The standard InChI is InChI=1S/C15H24N2O2.ClH/c1-17(15(11-16)12-3-4-12)9-10-19-14-7-5-13(18-2)6-8-14;/h5-8,12,15H,3-4,9-11,16H2,1-2H3;1H. The van der Waals surface area contributed by atoms with Crippen molar-refractivity contribution in [2.75, 3.05) is 33.9 Å². The number of halogens is 1. The minimum atomic E-state index is 0. The zero-order valence-electron chi connectivity index (χ0n) is 12.2. The zero-order valence-corrected chi connectivity index (χ0v) is 13.1. The number of nitrogens with two attached hydrogens (primary N) is 1. The molecule has 1 aromatic carbocycles. The number of rotatable bonds is 8. The molecule has 0 radical (unpaired) electrons. The quantitative estimate of drug-likeness (QED) is 0.799. The van der Waals surface area contributed by atoms with Crippen LogP contribution >= 0.6 is 12.4 Å².